The lowest BCUT2D eigenvalue weighted by Crippen LogP contribution is -2.30. The van der Waals surface area contributed by atoms with Crippen LogP contribution in [0.25, 0.3) is 0 Å². The molecule has 0 aromatic heterocycles. The zero-order chi connectivity index (χ0) is 18.5. The number of carbonyl (C=O) groups excluding carboxylic acids is 2. The second-order valence-electron chi connectivity index (χ2n) is 5.87. The third-order valence-electron chi connectivity index (χ3n) is 4.15. The lowest BCUT2D eigenvalue weighted by molar-refractivity contribution is 0.0961. The molecule has 0 saturated carbocycles. The molecule has 3 aromatic rings. The van der Waals surface area contributed by atoms with Crippen molar-refractivity contribution in [2.24, 2.45) is 0 Å². The van der Waals surface area contributed by atoms with E-state index in [1.165, 1.54) is 0 Å². The van der Waals surface area contributed by atoms with E-state index in [9.17, 15) is 9.59 Å². The van der Waals surface area contributed by atoms with Crippen LogP contribution < -0.4 is 21.2 Å². The molecule has 26 heavy (non-hydrogen) atoms. The van der Waals surface area contributed by atoms with Gasteiger partial charge in [0.05, 0.1) is 0 Å². The summed E-state index contributed by atoms with van der Waals surface area (Å²) in [6.45, 7) is 1.55. The van der Waals surface area contributed by atoms with Crippen molar-refractivity contribution in [2.45, 2.75) is 6.92 Å². The molecule has 0 aliphatic rings. The molecule has 3 aromatic carbocycles. The largest absolute Gasteiger partial charge is 0.355 e. The van der Waals surface area contributed by atoms with Crippen molar-refractivity contribution in [2.75, 3.05) is 7.05 Å². The Morgan fingerprint density at radius 2 is 1.35 bits per heavy atom. The third-order valence-corrected chi connectivity index (χ3v) is 6.63. The Bertz CT molecular complexity index is 884. The van der Waals surface area contributed by atoms with Gasteiger partial charge in [-0.25, -0.2) is 0 Å². The highest BCUT2D eigenvalue weighted by atomic mass is 31.1. The first-order valence-electron chi connectivity index (χ1n) is 8.39. The van der Waals surface area contributed by atoms with Gasteiger partial charge >= 0.3 is 0 Å². The van der Waals surface area contributed by atoms with Crippen molar-refractivity contribution in [3.63, 3.8) is 0 Å². The van der Waals surface area contributed by atoms with Crippen LogP contribution in [0.3, 0.4) is 0 Å². The summed E-state index contributed by atoms with van der Waals surface area (Å²) >= 11 is 0. The van der Waals surface area contributed by atoms with Gasteiger partial charge in [-0.3, -0.25) is 9.59 Å². The van der Waals surface area contributed by atoms with Crippen molar-refractivity contribution in [1.29, 1.82) is 0 Å². The van der Waals surface area contributed by atoms with Crippen LogP contribution in [0.4, 0.5) is 0 Å². The molecule has 0 unspecified atom stereocenters. The first-order valence-corrected chi connectivity index (χ1v) is 9.73. The van der Waals surface area contributed by atoms with Gasteiger partial charge in [-0.1, -0.05) is 66.7 Å². The van der Waals surface area contributed by atoms with Gasteiger partial charge in [0.2, 0.25) is 0 Å². The Morgan fingerprint density at radius 3 is 1.81 bits per heavy atom. The van der Waals surface area contributed by atoms with Crippen LogP contribution >= 0.6 is 7.92 Å². The fraction of sp³-hybridized carbons (Fsp3) is 0.0909. The van der Waals surface area contributed by atoms with E-state index in [-0.39, 0.29) is 11.7 Å². The normalized spacial score (nSPS) is 10.6. The third kappa shape index (κ3) is 3.74. The maximum Gasteiger partial charge on any atom is 0.251 e. The van der Waals surface area contributed by atoms with E-state index >= 15 is 0 Å². The highest BCUT2D eigenvalue weighted by Crippen LogP contribution is 2.34. The van der Waals surface area contributed by atoms with Gasteiger partial charge in [-0.05, 0) is 42.9 Å². The molecule has 0 atom stereocenters. The average Bonchev–Trinajstić information content (AvgIpc) is 2.69. The summed E-state index contributed by atoms with van der Waals surface area (Å²) in [4.78, 5) is 24.4. The molecule has 0 aliphatic heterocycles. The van der Waals surface area contributed by atoms with E-state index in [2.05, 4.69) is 29.6 Å². The smallest absolute Gasteiger partial charge is 0.251 e. The van der Waals surface area contributed by atoms with Gasteiger partial charge in [0.1, 0.15) is 0 Å². The molecule has 0 heterocycles. The van der Waals surface area contributed by atoms with Gasteiger partial charge in [0, 0.05) is 18.2 Å². The molecule has 0 radical (unpaired) electrons. The molecule has 3 nitrogen and oxygen atoms in total. The summed E-state index contributed by atoms with van der Waals surface area (Å²) < 4.78 is 0. The highest BCUT2D eigenvalue weighted by molar-refractivity contribution is 7.80. The number of rotatable bonds is 5. The summed E-state index contributed by atoms with van der Waals surface area (Å²) in [7, 11) is 0.664. The topological polar surface area (TPSA) is 46.2 Å². The molecule has 4 heteroatoms. The second-order valence-corrected chi connectivity index (χ2v) is 8.06. The van der Waals surface area contributed by atoms with Crippen molar-refractivity contribution in [3.05, 3.63) is 90.0 Å². The minimum atomic E-state index is -0.959. The number of benzene rings is 3. The van der Waals surface area contributed by atoms with E-state index in [0.29, 0.717) is 11.1 Å². The quantitative estimate of drug-likeness (QED) is 0.561. The molecule has 0 fully saturated rings. The van der Waals surface area contributed by atoms with Gasteiger partial charge in [-0.2, -0.15) is 0 Å². The van der Waals surface area contributed by atoms with E-state index in [1.54, 1.807) is 26.1 Å². The van der Waals surface area contributed by atoms with Crippen LogP contribution in [0.1, 0.15) is 27.6 Å². The summed E-state index contributed by atoms with van der Waals surface area (Å²) in [6.07, 6.45) is 0. The van der Waals surface area contributed by atoms with Crippen LogP contribution in [-0.2, 0) is 0 Å². The zero-order valence-electron chi connectivity index (χ0n) is 14.8. The van der Waals surface area contributed by atoms with Crippen molar-refractivity contribution < 1.29 is 9.59 Å². The molecule has 1 amide bonds. The molecule has 0 saturated heterocycles. The number of amides is 1. The van der Waals surface area contributed by atoms with Gasteiger partial charge < -0.3 is 5.32 Å². The van der Waals surface area contributed by atoms with Crippen LogP contribution in [0, 0.1) is 0 Å². The average molecular weight is 361 g/mol. The number of hydrogen-bond acceptors (Lipinski definition) is 2. The molecule has 0 spiro atoms. The second kappa shape index (κ2) is 8.07. The van der Waals surface area contributed by atoms with Gasteiger partial charge in [0.15, 0.2) is 5.78 Å². The van der Waals surface area contributed by atoms with E-state index < -0.39 is 7.92 Å². The molecular formula is C22H20NO2P. The summed E-state index contributed by atoms with van der Waals surface area (Å²) in [5.41, 5.74) is 1.23. The number of nitrogens with one attached hydrogen (secondary N) is 1. The van der Waals surface area contributed by atoms with Crippen LogP contribution in [0.5, 0.6) is 0 Å². The first-order chi connectivity index (χ1) is 12.6. The Labute approximate surface area is 154 Å². The predicted molar refractivity (Wildman–Crippen MR) is 109 cm³/mol. The Hall–Kier alpha value is -2.77. The Kier molecular flexibility index (Phi) is 5.60. The monoisotopic (exact) mass is 361 g/mol. The first kappa shape index (κ1) is 18.0. The fourth-order valence-corrected chi connectivity index (χ4v) is 5.32. The summed E-state index contributed by atoms with van der Waals surface area (Å²) in [6, 6.07) is 25.6. The molecular weight excluding hydrogens is 341 g/mol. The summed E-state index contributed by atoms with van der Waals surface area (Å²) in [5, 5.41) is 5.88. The standard InChI is InChI=1S/C22H20NO2P/c1-16(24)17-13-14-20(22(25)23-2)21(15-17)26(18-9-5-3-6-10-18)19-11-7-4-8-12-19/h3-15H,1-2H3,(H,23,25). The number of hydrogen-bond donors (Lipinski definition) is 1. The van der Waals surface area contributed by atoms with Gasteiger partial charge in [0.25, 0.3) is 5.91 Å². The molecule has 3 rings (SSSR count). The molecule has 130 valence electrons. The van der Waals surface area contributed by atoms with Crippen molar-refractivity contribution in [3.8, 4) is 0 Å². The predicted octanol–water partition coefficient (Wildman–Crippen LogP) is 3.01. The Morgan fingerprint density at radius 1 is 0.808 bits per heavy atom. The zero-order valence-corrected chi connectivity index (χ0v) is 15.7. The lowest BCUT2D eigenvalue weighted by atomic mass is 10.1. The highest BCUT2D eigenvalue weighted by Gasteiger charge is 2.23. The minimum absolute atomic E-state index is 0.00854. The molecule has 0 aliphatic carbocycles. The van der Waals surface area contributed by atoms with Crippen molar-refractivity contribution >= 4 is 35.5 Å². The van der Waals surface area contributed by atoms with E-state index in [0.717, 1.165) is 15.9 Å². The number of carbonyl (C=O) groups is 2. The van der Waals surface area contributed by atoms with Crippen LogP contribution in [-0.4, -0.2) is 18.7 Å². The molecule has 0 bridgehead atoms. The van der Waals surface area contributed by atoms with E-state index in [1.807, 2.05) is 42.5 Å². The Balaban J connectivity index is 2.28. The minimum Gasteiger partial charge on any atom is -0.355 e. The fourth-order valence-electron chi connectivity index (χ4n) is 2.84. The van der Waals surface area contributed by atoms with Gasteiger partial charge in [-0.15, -0.1) is 0 Å². The summed E-state index contributed by atoms with van der Waals surface area (Å²) in [5.74, 6) is -0.153. The number of Topliss-reactive ketones (excluding diaryl/α,β-unsaturated/α-hetero) is 1. The maximum absolute atomic E-state index is 12.5. The van der Waals surface area contributed by atoms with Crippen LogP contribution in [0.2, 0.25) is 0 Å². The van der Waals surface area contributed by atoms with Crippen molar-refractivity contribution in [1.82, 2.24) is 5.32 Å². The molecule has 1 N–H and O–H groups in total. The van der Waals surface area contributed by atoms with Crippen LogP contribution in [0.15, 0.2) is 78.9 Å². The lowest BCUT2D eigenvalue weighted by Gasteiger charge is -2.22. The SMILES string of the molecule is CNC(=O)c1ccc(C(C)=O)cc1P(c1ccccc1)c1ccccc1. The maximum atomic E-state index is 12.5. The number of ketones is 1. The van der Waals surface area contributed by atoms with E-state index in [4.69, 9.17) is 0 Å².